The molecule has 2 heterocycles. The van der Waals surface area contributed by atoms with Gasteiger partial charge in [-0.1, -0.05) is 51.4 Å². The summed E-state index contributed by atoms with van der Waals surface area (Å²) in [6.07, 6.45) is 5.32. The quantitative estimate of drug-likeness (QED) is 0.257. The second-order valence-corrected chi connectivity index (χ2v) is 11.0. The predicted molar refractivity (Wildman–Crippen MR) is 128 cm³/mol. The molecule has 2 atom stereocenters. The first kappa shape index (κ1) is 22.7. The van der Waals surface area contributed by atoms with Gasteiger partial charge in [0.25, 0.3) is 0 Å². The van der Waals surface area contributed by atoms with Gasteiger partial charge in [0.2, 0.25) is 0 Å². The van der Waals surface area contributed by atoms with Crippen LogP contribution in [0, 0.1) is 19.8 Å². The van der Waals surface area contributed by atoms with Gasteiger partial charge in [-0.05, 0) is 62.5 Å². The smallest absolute Gasteiger partial charge is 0.157 e. The summed E-state index contributed by atoms with van der Waals surface area (Å²) < 4.78 is 5.63. The Labute approximate surface area is 196 Å². The van der Waals surface area contributed by atoms with Crippen LogP contribution in [0.3, 0.4) is 0 Å². The minimum atomic E-state index is -0.353. The fraction of sp³-hybridized carbons (Fsp3) is 0.417. The largest absolute Gasteiger partial charge is 0.465 e. The van der Waals surface area contributed by atoms with Crippen LogP contribution in [-0.2, 0) is 9.59 Å². The number of carbonyl (C=O) groups is 2. The molecule has 1 aliphatic carbocycles. The average Bonchev–Trinajstić information content (AvgIpc) is 3.54. The number of likely N-dealkylation sites (tertiary alicyclic amines) is 1. The highest BCUT2D eigenvalue weighted by atomic mass is 35.5. The lowest BCUT2D eigenvalue weighted by molar-refractivity contribution is -0.125. The van der Waals surface area contributed by atoms with E-state index in [4.69, 9.17) is 16.0 Å². The zero-order valence-corrected chi connectivity index (χ0v) is 20.1. The summed E-state index contributed by atoms with van der Waals surface area (Å²) in [5, 5.41) is 0.837. The Morgan fingerprint density at radius 1 is 1.26 bits per heavy atom. The van der Waals surface area contributed by atoms with Gasteiger partial charge in [0.05, 0.1) is 10.9 Å². The van der Waals surface area contributed by atoms with Gasteiger partial charge in [-0.2, -0.15) is 0 Å². The van der Waals surface area contributed by atoms with Gasteiger partial charge < -0.3 is 4.42 Å². The van der Waals surface area contributed by atoms with Crippen molar-refractivity contribution in [1.82, 2.24) is 4.90 Å². The Balaban J connectivity index is 1.52. The number of aldehydes is 1. The number of benzene rings is 1. The summed E-state index contributed by atoms with van der Waals surface area (Å²) >= 11 is 6.50. The number of rotatable bonds is 8. The maximum absolute atomic E-state index is 13.2. The summed E-state index contributed by atoms with van der Waals surface area (Å²) in [4.78, 5) is 28.0. The van der Waals surface area contributed by atoms with Crippen LogP contribution in [0.25, 0.3) is 0 Å². The Kier molecular flexibility index (Phi) is 7.32. The molecule has 0 spiro atoms. The highest BCUT2D eigenvalue weighted by Crippen LogP contribution is 2.45. The normalized spacial score (nSPS) is 21.9. The fourth-order valence-corrected chi connectivity index (χ4v) is 7.21. The van der Waals surface area contributed by atoms with E-state index in [0.717, 1.165) is 59.6 Å². The Bertz CT molecular complexity index is 998. The van der Waals surface area contributed by atoms with E-state index in [2.05, 4.69) is 4.90 Å². The van der Waals surface area contributed by atoms with Gasteiger partial charge in [-0.15, -0.1) is 0 Å². The van der Waals surface area contributed by atoms with Gasteiger partial charge in [0.15, 0.2) is 5.78 Å². The number of allylic oxidation sites excluding steroid dienone is 1. The Morgan fingerprint density at radius 2 is 2.03 bits per heavy atom. The molecule has 0 radical (unpaired) electrons. The number of furan rings is 1. The van der Waals surface area contributed by atoms with Gasteiger partial charge >= 0.3 is 0 Å². The first-order valence-electron chi connectivity index (χ1n) is 10.5. The topological polar surface area (TPSA) is 50.5 Å². The van der Waals surface area contributed by atoms with Crippen LogP contribution in [0.5, 0.6) is 0 Å². The van der Waals surface area contributed by atoms with E-state index in [9.17, 15) is 9.59 Å². The van der Waals surface area contributed by atoms with Crippen molar-refractivity contribution in [2.45, 2.75) is 49.3 Å². The number of hydrogen-bond acceptors (Lipinski definition) is 6. The summed E-state index contributed by atoms with van der Waals surface area (Å²) in [6, 6.07) is 9.33. The lowest BCUT2D eigenvalue weighted by Crippen LogP contribution is -2.42. The molecule has 1 aromatic carbocycles. The van der Waals surface area contributed by atoms with Crippen LogP contribution >= 0.6 is 33.2 Å². The summed E-state index contributed by atoms with van der Waals surface area (Å²) in [6.45, 7) is 5.29. The molecule has 0 bridgehead atoms. The van der Waals surface area contributed by atoms with Crippen molar-refractivity contribution in [1.29, 1.82) is 0 Å². The lowest BCUT2D eigenvalue weighted by Gasteiger charge is -2.38. The SMILES string of the molecule is Cc1cc(SSC2CCN(C(C(=O)C3CC3)c3ccccc3Cl)C/C2=C/C=O)c(C)o1. The minimum absolute atomic E-state index is 0.134. The molecule has 2 fully saturated rings. The summed E-state index contributed by atoms with van der Waals surface area (Å²) in [5.74, 6) is 2.21. The third kappa shape index (κ3) is 5.30. The van der Waals surface area contributed by atoms with Crippen molar-refractivity contribution >= 4 is 45.3 Å². The molecule has 1 aliphatic heterocycles. The van der Waals surface area contributed by atoms with Crippen molar-refractivity contribution in [3.05, 3.63) is 64.1 Å². The van der Waals surface area contributed by atoms with Gasteiger partial charge in [-0.25, -0.2) is 0 Å². The van der Waals surface area contributed by atoms with Crippen molar-refractivity contribution in [3.8, 4) is 0 Å². The summed E-state index contributed by atoms with van der Waals surface area (Å²) in [7, 11) is 3.45. The van der Waals surface area contributed by atoms with E-state index >= 15 is 0 Å². The van der Waals surface area contributed by atoms with Crippen molar-refractivity contribution in [2.24, 2.45) is 5.92 Å². The number of ketones is 1. The number of hydrogen-bond donors (Lipinski definition) is 0. The van der Waals surface area contributed by atoms with Crippen LogP contribution in [-0.4, -0.2) is 35.3 Å². The maximum Gasteiger partial charge on any atom is 0.157 e. The molecule has 4 nitrogen and oxygen atoms in total. The van der Waals surface area contributed by atoms with E-state index in [1.807, 2.05) is 44.2 Å². The standard InChI is InChI=1S/C24H26ClNO3S2/c1-15-13-22(16(2)29-15)31-30-21-9-11-26(14-18(21)10-12-27)23(24(28)17-7-8-17)19-5-3-4-6-20(19)25/h3-6,10,12-13,17,21,23H,7-9,11,14H2,1-2H3/b18-10-. The predicted octanol–water partition coefficient (Wildman–Crippen LogP) is 6.21. The molecule has 1 aromatic heterocycles. The molecule has 31 heavy (non-hydrogen) atoms. The van der Waals surface area contributed by atoms with E-state index in [1.54, 1.807) is 27.7 Å². The molecule has 4 rings (SSSR count). The zero-order chi connectivity index (χ0) is 22.0. The molecule has 7 heteroatoms. The van der Waals surface area contributed by atoms with Crippen LogP contribution in [0.4, 0.5) is 0 Å². The fourth-order valence-electron chi connectivity index (χ4n) is 4.08. The molecule has 2 aliphatic rings. The van der Waals surface area contributed by atoms with Gasteiger partial charge in [0.1, 0.15) is 17.8 Å². The molecular formula is C24H26ClNO3S2. The second-order valence-electron chi connectivity index (χ2n) is 8.18. The maximum atomic E-state index is 13.2. The minimum Gasteiger partial charge on any atom is -0.465 e. The van der Waals surface area contributed by atoms with E-state index in [1.165, 1.54) is 0 Å². The first-order valence-corrected chi connectivity index (χ1v) is 13.1. The second kappa shape index (κ2) is 9.99. The monoisotopic (exact) mass is 475 g/mol. The van der Waals surface area contributed by atoms with Crippen LogP contribution < -0.4 is 0 Å². The Hall–Kier alpha value is -1.47. The molecule has 0 N–H and O–H groups in total. The molecule has 0 amide bonds. The molecule has 164 valence electrons. The number of aryl methyl sites for hydroxylation is 2. The molecule has 1 saturated carbocycles. The van der Waals surface area contributed by atoms with E-state index in [0.29, 0.717) is 11.6 Å². The van der Waals surface area contributed by atoms with Crippen molar-refractivity contribution in [2.75, 3.05) is 13.1 Å². The first-order chi connectivity index (χ1) is 15.0. The summed E-state index contributed by atoms with van der Waals surface area (Å²) in [5.41, 5.74) is 1.92. The third-order valence-corrected chi connectivity index (χ3v) is 9.14. The number of halogens is 1. The van der Waals surface area contributed by atoms with Crippen molar-refractivity contribution in [3.63, 3.8) is 0 Å². The van der Waals surface area contributed by atoms with Crippen molar-refractivity contribution < 1.29 is 14.0 Å². The molecule has 2 aromatic rings. The molecule has 1 saturated heterocycles. The van der Waals surface area contributed by atoms with E-state index < -0.39 is 0 Å². The number of carbonyl (C=O) groups excluding carboxylic acids is 2. The van der Waals surface area contributed by atoms with Crippen LogP contribution in [0.1, 0.15) is 42.4 Å². The molecular weight excluding hydrogens is 450 g/mol. The highest BCUT2D eigenvalue weighted by Gasteiger charge is 2.41. The highest BCUT2D eigenvalue weighted by molar-refractivity contribution is 8.77. The third-order valence-electron chi connectivity index (χ3n) is 5.82. The Morgan fingerprint density at radius 3 is 2.68 bits per heavy atom. The zero-order valence-electron chi connectivity index (χ0n) is 17.7. The van der Waals surface area contributed by atoms with Gasteiger partial charge in [0, 0.05) is 29.3 Å². The average molecular weight is 476 g/mol. The van der Waals surface area contributed by atoms with Gasteiger partial charge in [-0.3, -0.25) is 14.5 Å². The van der Waals surface area contributed by atoms with Crippen LogP contribution in [0.2, 0.25) is 5.02 Å². The number of Topliss-reactive ketones (excluding diaryl/α,β-unsaturated/α-hetero) is 1. The van der Waals surface area contributed by atoms with Crippen LogP contribution in [0.15, 0.2) is 51.3 Å². The molecule has 2 unspecified atom stereocenters. The lowest BCUT2D eigenvalue weighted by atomic mass is 9.94. The number of nitrogens with zero attached hydrogens (tertiary/aromatic N) is 1. The van der Waals surface area contributed by atoms with E-state index in [-0.39, 0.29) is 23.0 Å². The number of piperidine rings is 1.